The summed E-state index contributed by atoms with van der Waals surface area (Å²) < 4.78 is 35.3. The van der Waals surface area contributed by atoms with Crippen LogP contribution >= 0.6 is 0 Å². The Hall–Kier alpha value is -2.88. The molecule has 2 aromatic carbocycles. The maximum Gasteiger partial charge on any atom is 0.289 e. The quantitative estimate of drug-likeness (QED) is 0.231. The van der Waals surface area contributed by atoms with Gasteiger partial charge in [-0.2, -0.15) is 0 Å². The zero-order valence-electron chi connectivity index (χ0n) is 20.1. The summed E-state index contributed by atoms with van der Waals surface area (Å²) in [4.78, 5) is 24.2. The second kappa shape index (κ2) is 9.21. The molecule has 0 heterocycles. The largest absolute Gasteiger partial charge is 0.377 e. The normalized spacial score (nSPS) is 30.9. The van der Waals surface area contributed by atoms with Crippen LogP contribution in [0.2, 0.25) is 0 Å². The summed E-state index contributed by atoms with van der Waals surface area (Å²) in [5.41, 5.74) is -0.589. The molecule has 2 fully saturated rings. The fourth-order valence-corrected chi connectivity index (χ4v) is 8.26. The van der Waals surface area contributed by atoms with Gasteiger partial charge in [0.25, 0.3) is 5.69 Å². The van der Waals surface area contributed by atoms with Gasteiger partial charge in [-0.3, -0.25) is 14.9 Å². The monoisotopic (exact) mass is 510 g/mol. The van der Waals surface area contributed by atoms with Crippen LogP contribution in [0.15, 0.2) is 71.6 Å². The Morgan fingerprint density at radius 2 is 1.86 bits per heavy atom. The number of nitrogens with one attached hydrogen (secondary N) is 1. The molecule has 3 aliphatic carbocycles. The number of hydrogen-bond acceptors (Lipinski definition) is 6. The Kier molecular flexibility index (Phi) is 6.34. The number of nitro groups is 1. The number of sulfonamides is 1. The first-order valence-corrected chi connectivity index (χ1v) is 13.8. The zero-order chi connectivity index (χ0) is 25.6. The van der Waals surface area contributed by atoms with Gasteiger partial charge in [0, 0.05) is 41.4 Å². The average molecular weight is 511 g/mol. The van der Waals surface area contributed by atoms with Gasteiger partial charge in [0.2, 0.25) is 10.0 Å². The molecule has 0 saturated heterocycles. The van der Waals surface area contributed by atoms with Crippen LogP contribution in [0.25, 0.3) is 0 Å². The van der Waals surface area contributed by atoms with Gasteiger partial charge in [-0.15, -0.1) is 0 Å². The molecule has 5 atom stereocenters. The van der Waals surface area contributed by atoms with E-state index < -0.39 is 32.1 Å². The van der Waals surface area contributed by atoms with Gasteiger partial charge >= 0.3 is 0 Å². The van der Waals surface area contributed by atoms with E-state index in [2.05, 4.69) is 4.72 Å². The van der Waals surface area contributed by atoms with E-state index in [1.807, 2.05) is 49.4 Å². The molecule has 0 bridgehead atoms. The number of carbonyl (C=O) groups is 1. The van der Waals surface area contributed by atoms with Crippen LogP contribution in [0.4, 0.5) is 5.69 Å². The van der Waals surface area contributed by atoms with Crippen LogP contribution in [0.1, 0.15) is 38.2 Å². The van der Waals surface area contributed by atoms with E-state index in [0.717, 1.165) is 24.8 Å². The van der Waals surface area contributed by atoms with E-state index in [1.165, 1.54) is 24.3 Å². The predicted molar refractivity (Wildman–Crippen MR) is 133 cm³/mol. The molecule has 5 rings (SSSR count). The van der Waals surface area contributed by atoms with Crippen LogP contribution < -0.4 is 4.72 Å². The number of nitrogens with zero attached hydrogens (tertiary/aromatic N) is 1. The van der Waals surface area contributed by atoms with Gasteiger partial charge in [-0.05, 0) is 30.9 Å². The molecule has 8 nitrogen and oxygen atoms in total. The van der Waals surface area contributed by atoms with Gasteiger partial charge in [-0.1, -0.05) is 68.0 Å². The topological polar surface area (TPSA) is 116 Å². The van der Waals surface area contributed by atoms with Crippen LogP contribution in [-0.2, 0) is 26.2 Å². The fraction of sp³-hybridized carbons (Fsp3) is 0.444. The summed E-state index contributed by atoms with van der Waals surface area (Å²) >= 11 is 0. The van der Waals surface area contributed by atoms with Crippen LogP contribution in [0, 0.1) is 32.8 Å². The molecular formula is C27H30N2O6S. The standard InChI is InChI=1S/C27H30N2O6S/c1-26(16-17-35-18-19-8-3-2-4-9-19)24-21(13-15-27(24)14-7-10-20(27)25(26)30)28-36(33,34)23-12-6-5-11-22(23)29(31)32/h2-6,8-9,11-13,15,20-21,24,28H,7,10,14,16-18H2,1H3. The van der Waals surface area contributed by atoms with Gasteiger partial charge in [-0.25, -0.2) is 13.1 Å². The number of Topliss-reactive ketones (excluding diaryl/α,β-unsaturated/α-hetero) is 1. The molecule has 2 aromatic rings. The second-order valence-corrected chi connectivity index (χ2v) is 12.0. The summed E-state index contributed by atoms with van der Waals surface area (Å²) in [6.07, 6.45) is 6.91. The lowest BCUT2D eigenvalue weighted by molar-refractivity contribution is -0.387. The molecule has 36 heavy (non-hydrogen) atoms. The predicted octanol–water partition coefficient (Wildman–Crippen LogP) is 4.41. The maximum atomic E-state index is 13.7. The molecule has 0 radical (unpaired) electrons. The van der Waals surface area contributed by atoms with E-state index >= 15 is 0 Å². The summed E-state index contributed by atoms with van der Waals surface area (Å²) in [5.74, 6) is -0.242. The molecule has 0 aromatic heterocycles. The summed E-state index contributed by atoms with van der Waals surface area (Å²) in [6.45, 7) is 2.75. The number of nitro benzene ring substituents is 1. The SMILES string of the molecule is CC1(CCOCc2ccccc2)C(=O)C2CCCC23C=CC(NS(=O)(=O)c2ccccc2[N+](=O)[O-])C13. The number of rotatable bonds is 9. The Morgan fingerprint density at radius 3 is 2.61 bits per heavy atom. The minimum absolute atomic E-state index is 0.140. The van der Waals surface area contributed by atoms with Gasteiger partial charge < -0.3 is 4.74 Å². The van der Waals surface area contributed by atoms with Crippen molar-refractivity contribution in [2.45, 2.75) is 50.2 Å². The molecule has 0 amide bonds. The van der Waals surface area contributed by atoms with Crippen molar-refractivity contribution in [3.63, 3.8) is 0 Å². The fourth-order valence-electron chi connectivity index (χ4n) is 6.89. The highest BCUT2D eigenvalue weighted by Gasteiger charge is 2.69. The number of benzene rings is 2. The number of allylic oxidation sites excluding steroid dienone is 1. The molecule has 1 spiro atoms. The van der Waals surface area contributed by atoms with E-state index in [1.54, 1.807) is 0 Å². The summed E-state index contributed by atoms with van der Waals surface area (Å²) in [5, 5.41) is 11.5. The number of ketones is 1. The van der Waals surface area contributed by atoms with Gasteiger partial charge in [0.1, 0.15) is 5.78 Å². The third-order valence-corrected chi connectivity index (χ3v) is 9.90. The molecular weight excluding hydrogens is 480 g/mol. The summed E-state index contributed by atoms with van der Waals surface area (Å²) in [7, 11) is -4.20. The number of ether oxygens (including phenoxy) is 1. The van der Waals surface area contributed by atoms with E-state index in [-0.39, 0.29) is 27.9 Å². The minimum Gasteiger partial charge on any atom is -0.377 e. The smallest absolute Gasteiger partial charge is 0.289 e. The van der Waals surface area contributed by atoms with Crippen molar-refractivity contribution in [1.82, 2.24) is 4.72 Å². The first kappa shape index (κ1) is 24.8. The van der Waals surface area contributed by atoms with Crippen LogP contribution in [-0.4, -0.2) is 31.8 Å². The van der Waals surface area contributed by atoms with Gasteiger partial charge in [0.05, 0.1) is 11.5 Å². The molecule has 190 valence electrons. The second-order valence-electron chi connectivity index (χ2n) is 10.3. The van der Waals surface area contributed by atoms with Crippen molar-refractivity contribution in [2.75, 3.05) is 6.61 Å². The lowest BCUT2D eigenvalue weighted by Crippen LogP contribution is -2.47. The molecule has 2 saturated carbocycles. The summed E-state index contributed by atoms with van der Waals surface area (Å²) in [6, 6.07) is 14.5. The Bertz CT molecular complexity index is 1310. The maximum absolute atomic E-state index is 13.7. The number of hydrogen-bond donors (Lipinski definition) is 1. The average Bonchev–Trinajstić information content (AvgIpc) is 3.49. The van der Waals surface area contributed by atoms with E-state index in [0.29, 0.717) is 19.6 Å². The van der Waals surface area contributed by atoms with Crippen LogP contribution in [0.3, 0.4) is 0 Å². The zero-order valence-corrected chi connectivity index (χ0v) is 20.9. The first-order valence-electron chi connectivity index (χ1n) is 12.3. The van der Waals surface area contributed by atoms with Crippen molar-refractivity contribution < 1.29 is 22.9 Å². The van der Waals surface area contributed by atoms with Crippen molar-refractivity contribution in [1.29, 1.82) is 0 Å². The number of para-hydroxylation sites is 1. The molecule has 0 aliphatic heterocycles. The molecule has 5 unspecified atom stereocenters. The third kappa shape index (κ3) is 3.99. The Morgan fingerprint density at radius 1 is 1.14 bits per heavy atom. The van der Waals surface area contributed by atoms with Crippen molar-refractivity contribution in [3.8, 4) is 0 Å². The minimum atomic E-state index is -4.20. The lowest BCUT2D eigenvalue weighted by Gasteiger charge is -2.38. The highest BCUT2D eigenvalue weighted by molar-refractivity contribution is 7.89. The number of carbonyl (C=O) groups excluding carboxylic acids is 1. The molecule has 3 aliphatic rings. The highest BCUT2D eigenvalue weighted by atomic mass is 32.2. The molecule has 9 heteroatoms. The van der Waals surface area contributed by atoms with E-state index in [9.17, 15) is 23.3 Å². The first-order chi connectivity index (χ1) is 17.2. The van der Waals surface area contributed by atoms with E-state index in [4.69, 9.17) is 4.74 Å². The van der Waals surface area contributed by atoms with Crippen molar-refractivity contribution in [2.24, 2.45) is 22.7 Å². The van der Waals surface area contributed by atoms with Crippen molar-refractivity contribution in [3.05, 3.63) is 82.4 Å². The van der Waals surface area contributed by atoms with Crippen LogP contribution in [0.5, 0.6) is 0 Å². The highest BCUT2D eigenvalue weighted by Crippen LogP contribution is 2.67. The Balaban J connectivity index is 1.40. The van der Waals surface area contributed by atoms with Gasteiger partial charge in [0.15, 0.2) is 4.90 Å². The third-order valence-electron chi connectivity index (χ3n) is 8.39. The van der Waals surface area contributed by atoms with Crippen molar-refractivity contribution >= 4 is 21.5 Å². The lowest BCUT2D eigenvalue weighted by atomic mass is 9.67. The Labute approximate surface area is 210 Å². The molecule has 1 N–H and O–H groups in total.